The van der Waals surface area contributed by atoms with Crippen LogP contribution >= 0.6 is 0 Å². The Hall–Kier alpha value is -2.30. The van der Waals surface area contributed by atoms with E-state index >= 15 is 0 Å². The lowest BCUT2D eigenvalue weighted by Crippen LogP contribution is -2.32. The van der Waals surface area contributed by atoms with Crippen molar-refractivity contribution in [3.63, 3.8) is 0 Å². The highest BCUT2D eigenvalue weighted by Gasteiger charge is 2.47. The van der Waals surface area contributed by atoms with Gasteiger partial charge >= 0.3 is 11.4 Å². The summed E-state index contributed by atoms with van der Waals surface area (Å²) in [5.74, 6) is 1.50. The predicted octanol–water partition coefficient (Wildman–Crippen LogP) is 1.23. The smallest absolute Gasteiger partial charge is 0.328 e. The first-order chi connectivity index (χ1) is 7.66. The molecule has 0 aliphatic rings. The van der Waals surface area contributed by atoms with Crippen LogP contribution in [0.3, 0.4) is 0 Å². The minimum absolute atomic E-state index is 0.712. The van der Waals surface area contributed by atoms with Gasteiger partial charge in [0, 0.05) is 0 Å². The van der Waals surface area contributed by atoms with Gasteiger partial charge in [-0.25, -0.2) is 10.4 Å². The molecule has 0 atom stereocenters. The molecule has 0 fully saturated rings. The van der Waals surface area contributed by atoms with Gasteiger partial charge in [-0.3, -0.25) is 0 Å². The Morgan fingerprint density at radius 3 is 1.47 bits per heavy atom. The zero-order valence-electron chi connectivity index (χ0n) is 9.58. The quantitative estimate of drug-likeness (QED) is 0.566. The van der Waals surface area contributed by atoms with Crippen LogP contribution in [0.2, 0.25) is 0 Å². The van der Waals surface area contributed by atoms with Gasteiger partial charge in [0.25, 0.3) is 9.85 Å². The van der Waals surface area contributed by atoms with E-state index in [4.69, 9.17) is 21.2 Å². The topological polar surface area (TPSA) is 125 Å². The molecule has 0 amide bonds. The van der Waals surface area contributed by atoms with Crippen molar-refractivity contribution in [2.24, 2.45) is 11.3 Å². The number of hydrogen-bond acceptors (Lipinski definition) is 2. The maximum absolute atomic E-state index is 10.8. The van der Waals surface area contributed by atoms with Gasteiger partial charge < -0.3 is 10.8 Å². The molecule has 0 heterocycles. The van der Waals surface area contributed by atoms with E-state index in [0.717, 1.165) is 0 Å². The molecule has 2 N–H and O–H groups in total. The first-order valence-electron chi connectivity index (χ1n) is 4.53. The predicted molar refractivity (Wildman–Crippen MR) is 57.5 cm³/mol. The van der Waals surface area contributed by atoms with Crippen molar-refractivity contribution >= 4 is 11.7 Å². The standard InChI is InChI=1S/C9H12N4O4/c1-9(2,3)8(6(4-10)12(14)15)7(5-11)13(16)17/h8H,1-3H3,(H,14,15)(H,16,17). The van der Waals surface area contributed by atoms with Gasteiger partial charge in [-0.2, -0.15) is 11.7 Å². The summed E-state index contributed by atoms with van der Waals surface area (Å²) < 4.78 is 0. The normalized spacial score (nSPS) is 11.9. The first kappa shape index (κ1) is 14.7. The molecule has 0 saturated heterocycles. The lowest BCUT2D eigenvalue weighted by atomic mass is 9.77. The Labute approximate surface area is 97.0 Å². The fourth-order valence-electron chi connectivity index (χ4n) is 1.39. The summed E-state index contributed by atoms with van der Waals surface area (Å²) in [4.78, 5) is 20.2. The second-order valence-corrected chi connectivity index (χ2v) is 4.34. The van der Waals surface area contributed by atoms with Crippen molar-refractivity contribution < 1.29 is 20.3 Å². The van der Waals surface area contributed by atoms with Crippen LogP contribution in [0.5, 0.6) is 0 Å². The van der Waals surface area contributed by atoms with E-state index < -0.39 is 32.6 Å². The Balaban J connectivity index is 5.95. The summed E-state index contributed by atoms with van der Waals surface area (Å²) in [6.45, 7) is 4.62. The van der Waals surface area contributed by atoms with Crippen molar-refractivity contribution in [2.75, 3.05) is 0 Å². The zero-order valence-corrected chi connectivity index (χ0v) is 9.58. The number of nitrogens with zero attached hydrogens (tertiary/aromatic N) is 4. The highest BCUT2D eigenvalue weighted by Crippen LogP contribution is 2.35. The Bertz CT molecular complexity index is 414. The molecule has 0 spiro atoms. The van der Waals surface area contributed by atoms with Crippen molar-refractivity contribution in [3.05, 3.63) is 32.0 Å². The number of rotatable bonds is 4. The lowest BCUT2D eigenvalue weighted by molar-refractivity contribution is -0.773. The highest BCUT2D eigenvalue weighted by atomic mass is 16.6. The number of hydrogen-bond donors (Lipinski definition) is 2. The second kappa shape index (κ2) is 5.16. The van der Waals surface area contributed by atoms with Crippen molar-refractivity contribution in [1.29, 1.82) is 0 Å². The molecule has 0 saturated carbocycles. The van der Waals surface area contributed by atoms with E-state index in [1.54, 1.807) is 20.8 Å². The molecule has 0 unspecified atom stereocenters. The Kier molecular flexibility index (Phi) is 4.46. The molecule has 92 valence electrons. The van der Waals surface area contributed by atoms with Crippen molar-refractivity contribution in [3.8, 4) is 0 Å². The van der Waals surface area contributed by atoms with Gasteiger partial charge in [-0.15, -0.1) is 0 Å². The van der Waals surface area contributed by atoms with Gasteiger partial charge in [-0.05, 0) is 5.41 Å². The van der Waals surface area contributed by atoms with Gasteiger partial charge in [0.2, 0.25) is 0 Å². The van der Waals surface area contributed by atoms with Gasteiger partial charge in [0.15, 0.2) is 5.92 Å². The molecular formula is C9H12N4O4. The van der Waals surface area contributed by atoms with Crippen LogP contribution in [-0.4, -0.2) is 32.0 Å². The Morgan fingerprint density at radius 1 is 1.06 bits per heavy atom. The van der Waals surface area contributed by atoms with Crippen LogP contribution < -0.4 is 0 Å². The van der Waals surface area contributed by atoms with Crippen LogP contribution in [0.25, 0.3) is 10.8 Å². The minimum Gasteiger partial charge on any atom is -0.758 e. The van der Waals surface area contributed by atoms with E-state index in [0.29, 0.717) is 0 Å². The van der Waals surface area contributed by atoms with Crippen molar-refractivity contribution in [1.82, 2.24) is 0 Å². The maximum Gasteiger partial charge on any atom is 0.328 e. The van der Waals surface area contributed by atoms with Gasteiger partial charge in [0.05, 0.1) is 9.81 Å². The average Bonchev–Trinajstić information content (AvgIpc) is 2.15. The summed E-state index contributed by atoms with van der Waals surface area (Å²) in [5, 5.41) is 35.0. The molecule has 0 aliphatic carbocycles. The Morgan fingerprint density at radius 2 is 1.35 bits per heavy atom. The summed E-state index contributed by atoms with van der Waals surface area (Å²) in [6.07, 6.45) is 0. The lowest BCUT2D eigenvalue weighted by Gasteiger charge is -2.22. The molecule has 0 bridgehead atoms. The van der Waals surface area contributed by atoms with E-state index in [1.807, 2.05) is 0 Å². The third kappa shape index (κ3) is 3.34. The van der Waals surface area contributed by atoms with Crippen LogP contribution in [0.15, 0.2) is 11.4 Å². The van der Waals surface area contributed by atoms with Crippen LogP contribution in [-0.2, 0) is 0 Å². The highest BCUT2D eigenvalue weighted by molar-refractivity contribution is 5.65. The molecule has 0 aromatic heterocycles. The fourth-order valence-corrected chi connectivity index (χ4v) is 1.39. The van der Waals surface area contributed by atoms with E-state index in [-0.39, 0.29) is 0 Å². The molecule has 0 aliphatic heterocycles. The summed E-state index contributed by atoms with van der Waals surface area (Å²) >= 11 is 0. The molecule has 0 rings (SSSR count). The summed E-state index contributed by atoms with van der Waals surface area (Å²) in [7, 11) is 0. The summed E-state index contributed by atoms with van der Waals surface area (Å²) in [5.41, 5.74) is -2.39. The zero-order chi connectivity index (χ0) is 13.8. The third-order valence-electron chi connectivity index (χ3n) is 2.05. The van der Waals surface area contributed by atoms with E-state index in [9.17, 15) is 9.81 Å². The second-order valence-electron chi connectivity index (χ2n) is 4.34. The molecule has 8 nitrogen and oxygen atoms in total. The maximum atomic E-state index is 10.8. The third-order valence-corrected chi connectivity index (χ3v) is 2.05. The van der Waals surface area contributed by atoms with E-state index in [2.05, 4.69) is 0 Å². The SMILES string of the molecule is CC(C)(C)C(C(=C=[N-])[N+](=O)O)C(=C=[N-])[N+](=O)O. The van der Waals surface area contributed by atoms with Crippen LogP contribution in [0, 0.1) is 21.1 Å². The van der Waals surface area contributed by atoms with Crippen molar-refractivity contribution in [2.45, 2.75) is 20.8 Å². The molecule has 0 aromatic carbocycles. The minimum atomic E-state index is -1.32. The largest absolute Gasteiger partial charge is 0.758 e. The van der Waals surface area contributed by atoms with Gasteiger partial charge in [-0.1, -0.05) is 20.8 Å². The molecule has 8 heteroatoms. The fraction of sp³-hybridized carbons (Fsp3) is 0.556. The van der Waals surface area contributed by atoms with Gasteiger partial charge in [0.1, 0.15) is 0 Å². The molecule has 0 aromatic rings. The summed E-state index contributed by atoms with van der Waals surface area (Å²) in [6, 6.07) is 0. The monoisotopic (exact) mass is 240 g/mol. The molecule has 0 radical (unpaired) electrons. The molecule has 17 heavy (non-hydrogen) atoms. The van der Waals surface area contributed by atoms with E-state index in [1.165, 1.54) is 11.7 Å². The first-order valence-corrected chi connectivity index (χ1v) is 4.53. The van der Waals surface area contributed by atoms with Crippen LogP contribution in [0.1, 0.15) is 20.8 Å². The van der Waals surface area contributed by atoms with Crippen LogP contribution in [0.4, 0.5) is 0 Å². The molecular weight excluding hydrogens is 228 g/mol. The average molecular weight is 240 g/mol.